The number of carbonyl (C=O) groups is 2. The molecule has 136 valence electrons. The summed E-state index contributed by atoms with van der Waals surface area (Å²) in [4.78, 5) is 33.7. The van der Waals surface area contributed by atoms with E-state index < -0.39 is 17.2 Å². The highest BCUT2D eigenvalue weighted by Crippen LogP contribution is 2.41. The van der Waals surface area contributed by atoms with E-state index in [9.17, 15) is 9.59 Å². The molecule has 0 unspecified atom stereocenters. The van der Waals surface area contributed by atoms with Gasteiger partial charge in [-0.05, 0) is 39.3 Å². The average molecular weight is 364 g/mol. The molecule has 3 heterocycles. The van der Waals surface area contributed by atoms with Gasteiger partial charge in [0.25, 0.3) is 0 Å². The van der Waals surface area contributed by atoms with Crippen LogP contribution in [0.2, 0.25) is 0 Å². The SMILES string of the molecule is CN1C[C@H]2C(=O)N(C)/C(=N/C(=O)OC(C)(C)C)N[C@@]2(c2cccs2)C1. The first kappa shape index (κ1) is 17.9. The van der Waals surface area contributed by atoms with E-state index in [1.54, 1.807) is 39.2 Å². The number of likely N-dealkylation sites (N-methyl/N-ethyl adjacent to an activating group) is 1. The van der Waals surface area contributed by atoms with Gasteiger partial charge >= 0.3 is 6.09 Å². The number of hydrogen-bond acceptors (Lipinski definition) is 5. The number of carbonyl (C=O) groups excluding carboxylic acids is 2. The van der Waals surface area contributed by atoms with Crippen LogP contribution in [-0.2, 0) is 15.1 Å². The summed E-state index contributed by atoms with van der Waals surface area (Å²) in [6, 6.07) is 3.99. The summed E-state index contributed by atoms with van der Waals surface area (Å²) < 4.78 is 5.27. The molecule has 2 aliphatic heterocycles. The van der Waals surface area contributed by atoms with Crippen LogP contribution in [-0.4, -0.2) is 60.5 Å². The predicted molar refractivity (Wildman–Crippen MR) is 96.6 cm³/mol. The van der Waals surface area contributed by atoms with Crippen molar-refractivity contribution >= 4 is 29.3 Å². The van der Waals surface area contributed by atoms with E-state index in [1.165, 1.54) is 4.90 Å². The fraction of sp³-hybridized carbons (Fsp3) is 0.588. The summed E-state index contributed by atoms with van der Waals surface area (Å²) in [5.74, 6) is -0.0308. The van der Waals surface area contributed by atoms with Crippen molar-refractivity contribution in [1.82, 2.24) is 15.1 Å². The number of likely N-dealkylation sites (tertiary alicyclic amines) is 1. The van der Waals surface area contributed by atoms with E-state index in [0.717, 1.165) is 4.88 Å². The van der Waals surface area contributed by atoms with Crippen LogP contribution in [0.5, 0.6) is 0 Å². The molecule has 7 nitrogen and oxygen atoms in total. The maximum atomic E-state index is 13.0. The number of rotatable bonds is 1. The smallest absolute Gasteiger partial charge is 0.437 e. The quantitative estimate of drug-likeness (QED) is 0.823. The van der Waals surface area contributed by atoms with Crippen molar-refractivity contribution in [2.24, 2.45) is 10.9 Å². The summed E-state index contributed by atoms with van der Waals surface area (Å²) in [5.41, 5.74) is -1.20. The zero-order valence-corrected chi connectivity index (χ0v) is 16.0. The number of nitrogens with zero attached hydrogens (tertiary/aromatic N) is 3. The Balaban J connectivity index is 1.97. The molecular formula is C17H24N4O3S. The van der Waals surface area contributed by atoms with Crippen molar-refractivity contribution < 1.29 is 14.3 Å². The molecule has 2 fully saturated rings. The standard InChI is InChI=1S/C17H24N4O3S/c1-16(2,3)24-15(23)18-14-19-17(12-7-6-8-25-12)10-20(4)9-11(17)13(22)21(14)5/h6-8,11H,9-10H2,1-5H3,(H,18,19,23)/t11-,17-/m0/s1. The number of aliphatic imine (C=N–C) groups is 1. The van der Waals surface area contributed by atoms with E-state index in [-0.39, 0.29) is 17.8 Å². The number of amides is 2. The van der Waals surface area contributed by atoms with Crippen molar-refractivity contribution in [1.29, 1.82) is 0 Å². The molecule has 2 amide bonds. The van der Waals surface area contributed by atoms with Gasteiger partial charge in [-0.25, -0.2) is 4.79 Å². The van der Waals surface area contributed by atoms with E-state index in [0.29, 0.717) is 13.1 Å². The van der Waals surface area contributed by atoms with E-state index >= 15 is 0 Å². The molecule has 0 spiro atoms. The first-order valence-corrected chi connectivity index (χ1v) is 9.10. The summed E-state index contributed by atoms with van der Waals surface area (Å²) in [6.45, 7) is 6.68. The van der Waals surface area contributed by atoms with Crippen molar-refractivity contribution in [3.63, 3.8) is 0 Å². The minimum Gasteiger partial charge on any atom is -0.442 e. The number of hydrogen-bond donors (Lipinski definition) is 1. The van der Waals surface area contributed by atoms with Crippen LogP contribution in [0.25, 0.3) is 0 Å². The lowest BCUT2D eigenvalue weighted by molar-refractivity contribution is -0.134. The summed E-state index contributed by atoms with van der Waals surface area (Å²) >= 11 is 1.60. The van der Waals surface area contributed by atoms with Gasteiger partial charge in [0.1, 0.15) is 5.60 Å². The Kier molecular flexibility index (Phi) is 4.36. The second-order valence-electron chi connectivity index (χ2n) is 7.64. The van der Waals surface area contributed by atoms with Crippen molar-refractivity contribution in [3.8, 4) is 0 Å². The van der Waals surface area contributed by atoms with E-state index in [1.807, 2.05) is 24.6 Å². The predicted octanol–water partition coefficient (Wildman–Crippen LogP) is 1.86. The molecule has 0 saturated carbocycles. The molecule has 2 saturated heterocycles. The fourth-order valence-corrected chi connectivity index (χ4v) is 4.35. The van der Waals surface area contributed by atoms with Gasteiger partial charge in [-0.3, -0.25) is 9.69 Å². The van der Waals surface area contributed by atoms with Crippen LogP contribution in [0.15, 0.2) is 22.5 Å². The number of guanidine groups is 1. The Morgan fingerprint density at radius 2 is 2.16 bits per heavy atom. The van der Waals surface area contributed by atoms with Gasteiger partial charge in [-0.2, -0.15) is 0 Å². The van der Waals surface area contributed by atoms with E-state index in [2.05, 4.69) is 15.2 Å². The molecular weight excluding hydrogens is 340 g/mol. The molecule has 0 radical (unpaired) electrons. The molecule has 1 N–H and O–H groups in total. The molecule has 25 heavy (non-hydrogen) atoms. The Morgan fingerprint density at radius 3 is 2.76 bits per heavy atom. The molecule has 0 bridgehead atoms. The highest BCUT2D eigenvalue weighted by Gasteiger charge is 2.56. The second kappa shape index (κ2) is 6.10. The molecule has 1 aromatic rings. The van der Waals surface area contributed by atoms with Gasteiger partial charge in [0, 0.05) is 25.0 Å². The van der Waals surface area contributed by atoms with Gasteiger partial charge in [0.2, 0.25) is 11.9 Å². The van der Waals surface area contributed by atoms with Gasteiger partial charge in [-0.1, -0.05) is 6.07 Å². The molecule has 2 atom stereocenters. The molecule has 8 heteroatoms. The van der Waals surface area contributed by atoms with Crippen LogP contribution >= 0.6 is 11.3 Å². The molecule has 0 aromatic carbocycles. The number of fused-ring (bicyclic) bond motifs is 1. The lowest BCUT2D eigenvalue weighted by atomic mass is 9.83. The first-order chi connectivity index (χ1) is 11.6. The van der Waals surface area contributed by atoms with Gasteiger partial charge in [0.15, 0.2) is 0 Å². The molecule has 1 aromatic heterocycles. The van der Waals surface area contributed by atoms with Crippen LogP contribution < -0.4 is 5.32 Å². The maximum Gasteiger partial charge on any atom is 0.437 e. The Labute approximate surface area is 151 Å². The third-order valence-corrected chi connectivity index (χ3v) is 5.49. The Morgan fingerprint density at radius 1 is 1.44 bits per heavy atom. The fourth-order valence-electron chi connectivity index (χ4n) is 3.42. The Bertz CT molecular complexity index is 710. The van der Waals surface area contributed by atoms with Gasteiger partial charge in [0.05, 0.1) is 11.5 Å². The number of nitrogens with one attached hydrogen (secondary N) is 1. The highest BCUT2D eigenvalue weighted by atomic mass is 32.1. The minimum atomic E-state index is -0.708. The molecule has 0 aliphatic carbocycles. The van der Waals surface area contributed by atoms with Crippen LogP contribution in [0.1, 0.15) is 25.6 Å². The summed E-state index contributed by atoms with van der Waals surface area (Å²) in [7, 11) is 3.63. The molecule has 2 aliphatic rings. The minimum absolute atomic E-state index is 0.0428. The molecule has 3 rings (SSSR count). The third-order valence-electron chi connectivity index (χ3n) is 4.44. The zero-order chi connectivity index (χ0) is 18.4. The third kappa shape index (κ3) is 3.28. The normalized spacial score (nSPS) is 28.8. The monoisotopic (exact) mass is 364 g/mol. The topological polar surface area (TPSA) is 74.2 Å². The van der Waals surface area contributed by atoms with Crippen LogP contribution in [0.3, 0.4) is 0 Å². The lowest BCUT2D eigenvalue weighted by Gasteiger charge is -2.43. The van der Waals surface area contributed by atoms with Crippen molar-refractivity contribution in [2.75, 3.05) is 27.2 Å². The van der Waals surface area contributed by atoms with Crippen molar-refractivity contribution in [3.05, 3.63) is 22.4 Å². The first-order valence-electron chi connectivity index (χ1n) is 8.22. The van der Waals surface area contributed by atoms with Gasteiger partial charge < -0.3 is 15.0 Å². The largest absolute Gasteiger partial charge is 0.442 e. The zero-order valence-electron chi connectivity index (χ0n) is 15.2. The number of ether oxygens (including phenoxy) is 1. The van der Waals surface area contributed by atoms with E-state index in [4.69, 9.17) is 4.74 Å². The van der Waals surface area contributed by atoms with Gasteiger partial charge in [-0.15, -0.1) is 16.3 Å². The second-order valence-corrected chi connectivity index (χ2v) is 8.58. The summed E-state index contributed by atoms with van der Waals surface area (Å²) in [6.07, 6.45) is -0.708. The van der Waals surface area contributed by atoms with Crippen LogP contribution in [0, 0.1) is 5.92 Å². The average Bonchev–Trinajstić information content (AvgIpc) is 3.10. The summed E-state index contributed by atoms with van der Waals surface area (Å²) in [5, 5.41) is 5.38. The number of thiophene rings is 1. The maximum absolute atomic E-state index is 13.0. The Hall–Kier alpha value is -1.93. The highest BCUT2D eigenvalue weighted by molar-refractivity contribution is 7.10. The van der Waals surface area contributed by atoms with Crippen LogP contribution in [0.4, 0.5) is 4.79 Å². The lowest BCUT2D eigenvalue weighted by Crippen LogP contribution is -2.65. The van der Waals surface area contributed by atoms with Crippen molar-refractivity contribution in [2.45, 2.75) is 31.9 Å².